The predicted octanol–water partition coefficient (Wildman–Crippen LogP) is 6.09. The number of halogens is 2. The molecule has 3 aromatic carbocycles. The molecule has 34 heavy (non-hydrogen) atoms. The van der Waals surface area contributed by atoms with Gasteiger partial charge in [0.1, 0.15) is 6.04 Å². The normalized spacial score (nSPS) is 11.6. The van der Waals surface area contributed by atoms with Crippen molar-refractivity contribution in [2.45, 2.75) is 45.2 Å². The van der Waals surface area contributed by atoms with Crippen LogP contribution in [-0.2, 0) is 29.0 Å². The largest absolute Gasteiger partial charge is 0.354 e. The molecule has 178 valence electrons. The summed E-state index contributed by atoms with van der Waals surface area (Å²) in [5.74, 6) is -0.364. The highest BCUT2D eigenvalue weighted by Crippen LogP contribution is 2.26. The number of carbonyl (C=O) groups excluding carboxylic acids is 2. The molecule has 0 aliphatic carbocycles. The first-order valence-corrected chi connectivity index (χ1v) is 12.3. The molecule has 0 aliphatic heterocycles. The molecular formula is C28H30Cl2N2O2. The summed E-state index contributed by atoms with van der Waals surface area (Å²) in [4.78, 5) is 28.8. The van der Waals surface area contributed by atoms with Gasteiger partial charge in [-0.3, -0.25) is 9.59 Å². The molecule has 6 heteroatoms. The minimum Gasteiger partial charge on any atom is -0.354 e. The first-order chi connectivity index (χ1) is 16.5. The van der Waals surface area contributed by atoms with Crippen molar-refractivity contribution in [3.63, 3.8) is 0 Å². The van der Waals surface area contributed by atoms with E-state index < -0.39 is 6.04 Å². The van der Waals surface area contributed by atoms with Gasteiger partial charge in [-0.2, -0.15) is 0 Å². The van der Waals surface area contributed by atoms with Crippen LogP contribution in [0.25, 0.3) is 0 Å². The van der Waals surface area contributed by atoms with Gasteiger partial charge in [-0.15, -0.1) is 0 Å². The van der Waals surface area contributed by atoms with Gasteiger partial charge in [-0.1, -0.05) is 103 Å². The number of unbranched alkanes of at least 4 members (excludes halogenated alkanes) is 1. The number of carbonyl (C=O) groups is 2. The molecule has 1 atom stereocenters. The summed E-state index contributed by atoms with van der Waals surface area (Å²) in [5, 5.41) is 3.90. The number of benzene rings is 3. The van der Waals surface area contributed by atoms with E-state index in [-0.39, 0.29) is 18.2 Å². The van der Waals surface area contributed by atoms with Crippen molar-refractivity contribution in [3.05, 3.63) is 106 Å². The zero-order chi connectivity index (χ0) is 24.3. The highest BCUT2D eigenvalue weighted by atomic mass is 35.5. The Hall–Kier alpha value is -2.82. The summed E-state index contributed by atoms with van der Waals surface area (Å²) < 4.78 is 0. The summed E-state index contributed by atoms with van der Waals surface area (Å²) in [6.45, 7) is 2.96. The van der Waals surface area contributed by atoms with Crippen molar-refractivity contribution in [2.24, 2.45) is 0 Å². The van der Waals surface area contributed by atoms with Crippen molar-refractivity contribution in [1.29, 1.82) is 0 Å². The van der Waals surface area contributed by atoms with Crippen molar-refractivity contribution in [1.82, 2.24) is 10.2 Å². The summed E-state index contributed by atoms with van der Waals surface area (Å²) in [7, 11) is 0. The van der Waals surface area contributed by atoms with Crippen molar-refractivity contribution in [3.8, 4) is 0 Å². The van der Waals surface area contributed by atoms with Crippen LogP contribution in [0.3, 0.4) is 0 Å². The van der Waals surface area contributed by atoms with E-state index in [9.17, 15) is 9.59 Å². The van der Waals surface area contributed by atoms with Crippen LogP contribution in [0.2, 0.25) is 10.0 Å². The molecule has 0 aromatic heterocycles. The maximum Gasteiger partial charge on any atom is 0.243 e. The Kier molecular flexibility index (Phi) is 9.99. The SMILES string of the molecule is CCCCNC(=O)[C@H](Cc1ccccc1)N(Cc1ccccc1)C(=O)Cc1c(Cl)cccc1Cl. The van der Waals surface area contributed by atoms with E-state index in [1.54, 1.807) is 23.1 Å². The molecular weight excluding hydrogens is 467 g/mol. The van der Waals surface area contributed by atoms with Crippen molar-refractivity contribution >= 4 is 35.0 Å². The molecule has 0 bridgehead atoms. The van der Waals surface area contributed by atoms with Gasteiger partial charge in [0, 0.05) is 29.6 Å². The molecule has 0 unspecified atom stereocenters. The minimum absolute atomic E-state index is 0.0128. The Morgan fingerprint density at radius 1 is 0.853 bits per heavy atom. The van der Waals surface area contributed by atoms with Crippen LogP contribution < -0.4 is 5.32 Å². The number of hydrogen-bond acceptors (Lipinski definition) is 2. The second-order valence-corrected chi connectivity index (χ2v) is 9.05. The zero-order valence-electron chi connectivity index (χ0n) is 19.3. The molecule has 0 aliphatic rings. The highest BCUT2D eigenvalue weighted by Gasteiger charge is 2.30. The molecule has 0 fully saturated rings. The lowest BCUT2D eigenvalue weighted by Gasteiger charge is -2.32. The average molecular weight is 497 g/mol. The number of nitrogens with zero attached hydrogens (tertiary/aromatic N) is 1. The monoisotopic (exact) mass is 496 g/mol. The predicted molar refractivity (Wildman–Crippen MR) is 139 cm³/mol. The maximum atomic E-state index is 13.7. The van der Waals surface area contributed by atoms with Gasteiger partial charge in [-0.25, -0.2) is 0 Å². The van der Waals surface area contributed by atoms with Crippen LogP contribution in [0, 0.1) is 0 Å². The van der Waals surface area contributed by atoms with Crippen molar-refractivity contribution < 1.29 is 9.59 Å². The topological polar surface area (TPSA) is 49.4 Å². The molecule has 3 aromatic rings. The Bertz CT molecular complexity index is 1050. The number of nitrogens with one attached hydrogen (secondary N) is 1. The van der Waals surface area contributed by atoms with Crippen molar-refractivity contribution in [2.75, 3.05) is 6.54 Å². The Morgan fingerprint density at radius 3 is 2.03 bits per heavy atom. The molecule has 0 spiro atoms. The lowest BCUT2D eigenvalue weighted by Crippen LogP contribution is -2.51. The van der Waals surface area contributed by atoms with Gasteiger partial charge in [-0.05, 0) is 35.2 Å². The lowest BCUT2D eigenvalue weighted by molar-refractivity contribution is -0.140. The van der Waals surface area contributed by atoms with E-state index in [1.165, 1.54) is 0 Å². The lowest BCUT2D eigenvalue weighted by atomic mass is 10.0. The third-order valence-corrected chi connectivity index (χ3v) is 6.39. The fourth-order valence-electron chi connectivity index (χ4n) is 3.79. The number of hydrogen-bond donors (Lipinski definition) is 1. The molecule has 0 saturated heterocycles. The quantitative estimate of drug-likeness (QED) is 0.326. The maximum absolute atomic E-state index is 13.7. The van der Waals surface area contributed by atoms with Gasteiger partial charge in [0.05, 0.1) is 6.42 Å². The summed E-state index contributed by atoms with van der Waals surface area (Å²) >= 11 is 12.7. The van der Waals surface area contributed by atoms with Crippen LogP contribution in [0.1, 0.15) is 36.5 Å². The smallest absolute Gasteiger partial charge is 0.243 e. The van der Waals surface area contributed by atoms with Crippen LogP contribution in [-0.4, -0.2) is 29.3 Å². The van der Waals surface area contributed by atoms with E-state index >= 15 is 0 Å². The molecule has 0 saturated carbocycles. The molecule has 2 amide bonds. The average Bonchev–Trinajstić information content (AvgIpc) is 2.85. The van der Waals surface area contributed by atoms with E-state index in [4.69, 9.17) is 23.2 Å². The fourth-order valence-corrected chi connectivity index (χ4v) is 4.33. The fraction of sp³-hybridized carbons (Fsp3) is 0.286. The molecule has 4 nitrogen and oxygen atoms in total. The first kappa shape index (κ1) is 25.8. The second kappa shape index (κ2) is 13.2. The van der Waals surface area contributed by atoms with E-state index in [0.29, 0.717) is 35.1 Å². The van der Waals surface area contributed by atoms with Gasteiger partial charge in [0.15, 0.2) is 0 Å². The Balaban J connectivity index is 1.95. The third-order valence-electron chi connectivity index (χ3n) is 5.69. The summed E-state index contributed by atoms with van der Waals surface area (Å²) in [5.41, 5.74) is 2.50. The zero-order valence-corrected chi connectivity index (χ0v) is 20.9. The van der Waals surface area contributed by atoms with E-state index in [0.717, 1.165) is 24.0 Å². The minimum atomic E-state index is -0.673. The second-order valence-electron chi connectivity index (χ2n) is 8.23. The third kappa shape index (κ3) is 7.34. The number of amides is 2. The van der Waals surface area contributed by atoms with Gasteiger partial charge < -0.3 is 10.2 Å². The Labute approximate surface area is 211 Å². The summed E-state index contributed by atoms with van der Waals surface area (Å²) in [6, 6.07) is 24.0. The molecule has 0 heterocycles. The van der Waals surface area contributed by atoms with E-state index in [2.05, 4.69) is 12.2 Å². The summed E-state index contributed by atoms with van der Waals surface area (Å²) in [6.07, 6.45) is 2.28. The number of rotatable bonds is 11. The highest BCUT2D eigenvalue weighted by molar-refractivity contribution is 6.36. The van der Waals surface area contributed by atoms with Crippen LogP contribution in [0.5, 0.6) is 0 Å². The standard InChI is InChI=1S/C28H30Cl2N2O2/c1-2-3-17-31-28(34)26(18-21-11-6-4-7-12-21)32(20-22-13-8-5-9-14-22)27(33)19-23-24(29)15-10-16-25(23)30/h4-16,26H,2-3,17-20H2,1H3,(H,31,34)/t26-/m0/s1. The molecule has 3 rings (SSSR count). The van der Waals surface area contributed by atoms with Crippen LogP contribution >= 0.6 is 23.2 Å². The molecule has 1 N–H and O–H groups in total. The van der Waals surface area contributed by atoms with Crippen LogP contribution in [0.4, 0.5) is 0 Å². The van der Waals surface area contributed by atoms with Gasteiger partial charge in [0.2, 0.25) is 11.8 Å². The Morgan fingerprint density at radius 2 is 1.44 bits per heavy atom. The molecule has 0 radical (unpaired) electrons. The van der Waals surface area contributed by atoms with Gasteiger partial charge >= 0.3 is 0 Å². The van der Waals surface area contributed by atoms with Crippen LogP contribution in [0.15, 0.2) is 78.9 Å². The van der Waals surface area contributed by atoms with Gasteiger partial charge in [0.25, 0.3) is 0 Å². The van der Waals surface area contributed by atoms with E-state index in [1.807, 2.05) is 60.7 Å². The first-order valence-electron chi connectivity index (χ1n) is 11.6.